The highest BCUT2D eigenvalue weighted by molar-refractivity contribution is 5.78. The van der Waals surface area contributed by atoms with Crippen LogP contribution in [-0.2, 0) is 9.53 Å². The fourth-order valence-corrected chi connectivity index (χ4v) is 1.63. The van der Waals surface area contributed by atoms with Crippen molar-refractivity contribution in [2.45, 2.75) is 19.6 Å². The van der Waals surface area contributed by atoms with Crippen LogP contribution in [0.3, 0.4) is 0 Å². The summed E-state index contributed by atoms with van der Waals surface area (Å²) in [6.07, 6.45) is 5.13. The summed E-state index contributed by atoms with van der Waals surface area (Å²) in [7, 11) is 0. The van der Waals surface area contributed by atoms with E-state index in [1.807, 2.05) is 0 Å². The van der Waals surface area contributed by atoms with Gasteiger partial charge in [-0.2, -0.15) is 8.78 Å². The molecule has 1 rings (SSSR count). The van der Waals surface area contributed by atoms with Crippen molar-refractivity contribution >= 4 is 5.97 Å². The van der Waals surface area contributed by atoms with E-state index in [2.05, 4.69) is 16.0 Å². The molecule has 20 heavy (non-hydrogen) atoms. The molecule has 0 saturated heterocycles. The Bertz CT molecular complexity index is 486. The van der Waals surface area contributed by atoms with Crippen LogP contribution in [0.1, 0.15) is 18.5 Å². The summed E-state index contributed by atoms with van der Waals surface area (Å²) >= 11 is 0. The molecule has 0 spiro atoms. The highest BCUT2D eigenvalue weighted by atomic mass is 19.3. The SMILES string of the molecule is C#CCNC(C(=O)OCC)c1ccccc1OC(F)F. The third kappa shape index (κ3) is 4.52. The van der Waals surface area contributed by atoms with Gasteiger partial charge in [-0.3, -0.25) is 5.32 Å². The van der Waals surface area contributed by atoms with Crippen LogP contribution in [0.4, 0.5) is 8.78 Å². The second-order valence-electron chi connectivity index (χ2n) is 3.69. The molecule has 0 aliphatic heterocycles. The molecular formula is C14H15F2NO3. The minimum atomic E-state index is -2.98. The maximum atomic E-state index is 12.4. The number of terminal acetylenes is 1. The molecule has 0 bridgehead atoms. The van der Waals surface area contributed by atoms with Crippen molar-refractivity contribution in [3.8, 4) is 18.1 Å². The molecule has 1 unspecified atom stereocenters. The zero-order chi connectivity index (χ0) is 15.0. The Morgan fingerprint density at radius 1 is 1.45 bits per heavy atom. The largest absolute Gasteiger partial charge is 0.465 e. The van der Waals surface area contributed by atoms with E-state index < -0.39 is 18.6 Å². The van der Waals surface area contributed by atoms with Gasteiger partial charge in [-0.1, -0.05) is 24.1 Å². The van der Waals surface area contributed by atoms with E-state index in [-0.39, 0.29) is 24.5 Å². The molecule has 0 amide bonds. The van der Waals surface area contributed by atoms with Gasteiger partial charge >= 0.3 is 12.6 Å². The predicted octanol–water partition coefficient (Wildman–Crippen LogP) is 2.12. The van der Waals surface area contributed by atoms with Gasteiger partial charge in [0.2, 0.25) is 0 Å². The molecule has 0 aliphatic rings. The first-order valence-corrected chi connectivity index (χ1v) is 5.97. The van der Waals surface area contributed by atoms with Crippen LogP contribution in [0.5, 0.6) is 5.75 Å². The fraction of sp³-hybridized carbons (Fsp3) is 0.357. The fourth-order valence-electron chi connectivity index (χ4n) is 1.63. The van der Waals surface area contributed by atoms with E-state index in [1.54, 1.807) is 13.0 Å². The average molecular weight is 283 g/mol. The molecule has 4 nitrogen and oxygen atoms in total. The first kappa shape index (κ1) is 15.9. The lowest BCUT2D eigenvalue weighted by atomic mass is 10.1. The number of nitrogens with one attached hydrogen (secondary N) is 1. The smallest absolute Gasteiger partial charge is 0.387 e. The topological polar surface area (TPSA) is 47.6 Å². The summed E-state index contributed by atoms with van der Waals surface area (Å²) in [5.74, 6) is 1.62. The van der Waals surface area contributed by atoms with E-state index in [0.29, 0.717) is 0 Å². The number of halogens is 2. The minimum Gasteiger partial charge on any atom is -0.465 e. The molecule has 1 aromatic rings. The van der Waals surface area contributed by atoms with Crippen LogP contribution in [0.15, 0.2) is 24.3 Å². The molecule has 0 aliphatic carbocycles. The van der Waals surface area contributed by atoms with Crippen molar-refractivity contribution in [2.75, 3.05) is 13.2 Å². The summed E-state index contributed by atoms with van der Waals surface area (Å²) in [4.78, 5) is 11.9. The molecule has 6 heteroatoms. The summed E-state index contributed by atoms with van der Waals surface area (Å²) in [6.45, 7) is -1.07. The second kappa shape index (κ2) is 8.12. The summed E-state index contributed by atoms with van der Waals surface area (Å²) in [5, 5.41) is 2.75. The van der Waals surface area contributed by atoms with Crippen LogP contribution >= 0.6 is 0 Å². The molecule has 0 fully saturated rings. The second-order valence-corrected chi connectivity index (χ2v) is 3.69. The van der Waals surface area contributed by atoms with Crippen molar-refractivity contribution < 1.29 is 23.0 Å². The molecule has 1 N–H and O–H groups in total. The number of hydrogen-bond donors (Lipinski definition) is 1. The van der Waals surface area contributed by atoms with Crippen molar-refractivity contribution in [1.82, 2.24) is 5.32 Å². The lowest BCUT2D eigenvalue weighted by Crippen LogP contribution is -2.31. The normalized spacial score (nSPS) is 11.8. The van der Waals surface area contributed by atoms with Gasteiger partial charge < -0.3 is 9.47 Å². The van der Waals surface area contributed by atoms with Crippen LogP contribution in [0.2, 0.25) is 0 Å². The van der Waals surface area contributed by atoms with Crippen LogP contribution in [-0.4, -0.2) is 25.7 Å². The first-order chi connectivity index (χ1) is 9.60. The van der Waals surface area contributed by atoms with Gasteiger partial charge in [0.15, 0.2) is 0 Å². The van der Waals surface area contributed by atoms with E-state index in [9.17, 15) is 13.6 Å². The first-order valence-electron chi connectivity index (χ1n) is 5.97. The van der Waals surface area contributed by atoms with E-state index in [0.717, 1.165) is 0 Å². The summed E-state index contributed by atoms with van der Waals surface area (Å²) < 4.78 is 34.1. The van der Waals surface area contributed by atoms with Crippen LogP contribution in [0.25, 0.3) is 0 Å². The Hall–Kier alpha value is -2.13. The third-order valence-corrected chi connectivity index (χ3v) is 2.38. The quantitative estimate of drug-likeness (QED) is 0.615. The van der Waals surface area contributed by atoms with E-state index >= 15 is 0 Å². The van der Waals surface area contributed by atoms with Crippen LogP contribution in [0, 0.1) is 12.3 Å². The Morgan fingerprint density at radius 3 is 2.75 bits per heavy atom. The number of carbonyl (C=O) groups excluding carboxylic acids is 1. The Kier molecular flexibility index (Phi) is 6.47. The third-order valence-electron chi connectivity index (χ3n) is 2.38. The lowest BCUT2D eigenvalue weighted by Gasteiger charge is -2.19. The molecule has 1 aromatic carbocycles. The lowest BCUT2D eigenvalue weighted by molar-refractivity contribution is -0.146. The Morgan fingerprint density at radius 2 is 2.15 bits per heavy atom. The highest BCUT2D eigenvalue weighted by Gasteiger charge is 2.25. The van der Waals surface area contributed by atoms with Gasteiger partial charge in [0.05, 0.1) is 13.2 Å². The average Bonchev–Trinajstić information content (AvgIpc) is 2.40. The van der Waals surface area contributed by atoms with Crippen molar-refractivity contribution in [3.63, 3.8) is 0 Å². The molecule has 0 aromatic heterocycles. The van der Waals surface area contributed by atoms with Gasteiger partial charge in [-0.25, -0.2) is 4.79 Å². The number of rotatable bonds is 7. The number of carbonyl (C=O) groups is 1. The van der Waals surface area contributed by atoms with Crippen molar-refractivity contribution in [2.24, 2.45) is 0 Å². The highest BCUT2D eigenvalue weighted by Crippen LogP contribution is 2.27. The number of benzene rings is 1. The molecular weight excluding hydrogens is 268 g/mol. The molecule has 1 atom stereocenters. The zero-order valence-corrected chi connectivity index (χ0v) is 10.9. The Balaban J connectivity index is 3.06. The maximum Gasteiger partial charge on any atom is 0.387 e. The van der Waals surface area contributed by atoms with E-state index in [4.69, 9.17) is 11.2 Å². The van der Waals surface area contributed by atoms with Gasteiger partial charge in [0.1, 0.15) is 11.8 Å². The molecule has 0 radical (unpaired) electrons. The Labute approximate surface area is 116 Å². The minimum absolute atomic E-state index is 0.0898. The maximum absolute atomic E-state index is 12.4. The number of para-hydroxylation sites is 1. The molecule has 108 valence electrons. The number of ether oxygens (including phenoxy) is 2. The van der Waals surface area contributed by atoms with Crippen LogP contribution < -0.4 is 10.1 Å². The molecule has 0 heterocycles. The van der Waals surface area contributed by atoms with E-state index in [1.165, 1.54) is 18.2 Å². The summed E-state index contributed by atoms with van der Waals surface area (Å²) in [6, 6.07) is 5.04. The van der Waals surface area contributed by atoms with Crippen molar-refractivity contribution in [1.29, 1.82) is 0 Å². The monoisotopic (exact) mass is 283 g/mol. The van der Waals surface area contributed by atoms with Gasteiger partial charge in [0.25, 0.3) is 0 Å². The molecule has 0 saturated carbocycles. The number of alkyl halides is 2. The van der Waals surface area contributed by atoms with Gasteiger partial charge in [-0.05, 0) is 13.0 Å². The predicted molar refractivity (Wildman–Crippen MR) is 69.3 cm³/mol. The summed E-state index contributed by atoms with van der Waals surface area (Å²) in [5.41, 5.74) is 0.251. The van der Waals surface area contributed by atoms with Gasteiger partial charge in [0, 0.05) is 5.56 Å². The number of hydrogen-bond acceptors (Lipinski definition) is 4. The van der Waals surface area contributed by atoms with Gasteiger partial charge in [-0.15, -0.1) is 6.42 Å². The van der Waals surface area contributed by atoms with Crippen molar-refractivity contribution in [3.05, 3.63) is 29.8 Å². The number of esters is 1. The standard InChI is InChI=1S/C14H15F2NO3/c1-3-9-17-12(13(18)19-4-2)10-7-5-6-8-11(10)20-14(15)16/h1,5-8,12,14,17H,4,9H2,2H3. The zero-order valence-electron chi connectivity index (χ0n) is 10.9.